The van der Waals surface area contributed by atoms with Gasteiger partial charge in [0.15, 0.2) is 0 Å². The lowest BCUT2D eigenvalue weighted by Crippen LogP contribution is -2.05. The van der Waals surface area contributed by atoms with Crippen LogP contribution >= 0.6 is 11.6 Å². The Hall–Kier alpha value is -3.27. The number of hydrogen-bond acceptors (Lipinski definition) is 3. The van der Waals surface area contributed by atoms with Gasteiger partial charge in [-0.25, -0.2) is 4.98 Å². The summed E-state index contributed by atoms with van der Waals surface area (Å²) in [7, 11) is 0. The minimum Gasteiger partial charge on any atom is -0.350 e. The van der Waals surface area contributed by atoms with E-state index in [-0.39, 0.29) is 22.6 Å². The van der Waals surface area contributed by atoms with Crippen LogP contribution in [-0.2, 0) is 12.4 Å². The Bertz CT molecular complexity index is 1210. The third-order valence-corrected chi connectivity index (χ3v) is 4.65. The SMILES string of the molecule is FC(F)(F)c1ccc(-n2cnc(-c3c(-c4ccc(Cl)cc4)noc3C(F)(F)F)c2)cc1. The minimum atomic E-state index is -4.84. The first-order chi connectivity index (χ1) is 14.5. The first kappa shape index (κ1) is 21.0. The zero-order valence-corrected chi connectivity index (χ0v) is 15.9. The number of imidazole rings is 1. The molecule has 0 atom stereocenters. The van der Waals surface area contributed by atoms with E-state index in [1.807, 2.05) is 0 Å². The molecule has 4 rings (SSSR count). The molecule has 4 aromatic rings. The van der Waals surface area contributed by atoms with E-state index in [0.29, 0.717) is 10.6 Å². The molecule has 2 aromatic heterocycles. The largest absolute Gasteiger partial charge is 0.453 e. The minimum absolute atomic E-state index is 0.0957. The maximum atomic E-state index is 13.5. The second-order valence-electron chi connectivity index (χ2n) is 6.45. The van der Waals surface area contributed by atoms with Crippen LogP contribution in [0.4, 0.5) is 26.3 Å². The van der Waals surface area contributed by atoms with Crippen molar-refractivity contribution >= 4 is 11.6 Å². The second-order valence-corrected chi connectivity index (χ2v) is 6.89. The van der Waals surface area contributed by atoms with Gasteiger partial charge in [-0.2, -0.15) is 26.3 Å². The van der Waals surface area contributed by atoms with Crippen molar-refractivity contribution in [3.63, 3.8) is 0 Å². The van der Waals surface area contributed by atoms with E-state index in [0.717, 1.165) is 12.1 Å². The summed E-state index contributed by atoms with van der Waals surface area (Å²) in [6.07, 6.45) is -6.90. The van der Waals surface area contributed by atoms with Gasteiger partial charge in [0.2, 0.25) is 5.76 Å². The summed E-state index contributed by atoms with van der Waals surface area (Å²) in [6, 6.07) is 10.1. The van der Waals surface area contributed by atoms with Gasteiger partial charge in [0.05, 0.1) is 23.1 Å². The molecule has 0 radical (unpaired) electrons. The second kappa shape index (κ2) is 7.45. The normalized spacial score (nSPS) is 12.4. The standard InChI is InChI=1S/C20H10ClF6N3O/c21-13-5-1-11(2-6-13)17-16(18(31-29-17)20(25,26)27)15-9-30(10-28-15)14-7-3-12(4-8-14)19(22,23)24/h1-10H. The van der Waals surface area contributed by atoms with Gasteiger partial charge in [0.1, 0.15) is 5.69 Å². The molecule has 4 nitrogen and oxygen atoms in total. The van der Waals surface area contributed by atoms with Crippen LogP contribution in [0.5, 0.6) is 0 Å². The fraction of sp³-hybridized carbons (Fsp3) is 0.100. The van der Waals surface area contributed by atoms with E-state index in [2.05, 4.69) is 14.7 Å². The Morgan fingerprint density at radius 3 is 2.06 bits per heavy atom. The molecule has 2 heterocycles. The zero-order valence-electron chi connectivity index (χ0n) is 15.2. The fourth-order valence-electron chi connectivity index (χ4n) is 2.94. The van der Waals surface area contributed by atoms with E-state index >= 15 is 0 Å². The molecule has 0 saturated heterocycles. The van der Waals surface area contributed by atoms with Crippen molar-refractivity contribution in [3.8, 4) is 28.2 Å². The van der Waals surface area contributed by atoms with Gasteiger partial charge in [-0.1, -0.05) is 28.9 Å². The fourth-order valence-corrected chi connectivity index (χ4v) is 3.07. The molecule has 0 amide bonds. The van der Waals surface area contributed by atoms with Gasteiger partial charge < -0.3 is 9.09 Å². The molecule has 0 spiro atoms. The van der Waals surface area contributed by atoms with Crippen molar-refractivity contribution in [2.75, 3.05) is 0 Å². The molecule has 0 aliphatic carbocycles. The molecule has 0 bridgehead atoms. The lowest BCUT2D eigenvalue weighted by molar-refractivity contribution is -0.155. The van der Waals surface area contributed by atoms with Crippen LogP contribution in [0, 0.1) is 0 Å². The molecule has 160 valence electrons. The first-order valence-corrected chi connectivity index (χ1v) is 8.96. The molecular weight excluding hydrogens is 448 g/mol. The van der Waals surface area contributed by atoms with Crippen molar-refractivity contribution in [2.24, 2.45) is 0 Å². The van der Waals surface area contributed by atoms with Gasteiger partial charge in [0.25, 0.3) is 0 Å². The van der Waals surface area contributed by atoms with Gasteiger partial charge in [0, 0.05) is 22.5 Å². The topological polar surface area (TPSA) is 43.9 Å². The molecule has 31 heavy (non-hydrogen) atoms. The molecular formula is C20H10ClF6N3O. The maximum absolute atomic E-state index is 13.5. The van der Waals surface area contributed by atoms with Crippen molar-refractivity contribution < 1.29 is 30.9 Å². The van der Waals surface area contributed by atoms with Crippen LogP contribution in [-0.4, -0.2) is 14.7 Å². The summed E-state index contributed by atoms with van der Waals surface area (Å²) in [5, 5.41) is 3.95. The van der Waals surface area contributed by atoms with Crippen LogP contribution in [0.3, 0.4) is 0 Å². The summed E-state index contributed by atoms with van der Waals surface area (Å²) in [4.78, 5) is 4.00. The summed E-state index contributed by atoms with van der Waals surface area (Å²) in [5.74, 6) is -1.34. The molecule has 0 saturated carbocycles. The molecule has 0 unspecified atom stereocenters. The third-order valence-electron chi connectivity index (χ3n) is 4.40. The predicted molar refractivity (Wildman–Crippen MR) is 99.5 cm³/mol. The monoisotopic (exact) mass is 457 g/mol. The number of rotatable bonds is 3. The summed E-state index contributed by atoms with van der Waals surface area (Å²) in [5.41, 5.74) is -0.840. The van der Waals surface area contributed by atoms with Crippen molar-refractivity contribution in [2.45, 2.75) is 12.4 Å². The number of hydrogen-bond donors (Lipinski definition) is 0. The molecule has 2 aromatic carbocycles. The highest BCUT2D eigenvalue weighted by molar-refractivity contribution is 6.30. The lowest BCUT2D eigenvalue weighted by Gasteiger charge is -2.08. The number of nitrogens with zero attached hydrogens (tertiary/aromatic N) is 3. The van der Waals surface area contributed by atoms with Crippen LogP contribution in [0.1, 0.15) is 11.3 Å². The zero-order chi connectivity index (χ0) is 22.4. The van der Waals surface area contributed by atoms with E-state index < -0.39 is 23.7 Å². The lowest BCUT2D eigenvalue weighted by atomic mass is 10.0. The Kier molecular flexibility index (Phi) is 5.04. The summed E-state index contributed by atoms with van der Waals surface area (Å²) in [6.45, 7) is 0. The van der Waals surface area contributed by atoms with Gasteiger partial charge in [-0.15, -0.1) is 0 Å². The average molecular weight is 458 g/mol. The average Bonchev–Trinajstić information content (AvgIpc) is 3.35. The Labute approximate surface area is 175 Å². The maximum Gasteiger partial charge on any atom is 0.453 e. The molecule has 0 fully saturated rings. The Morgan fingerprint density at radius 2 is 1.48 bits per heavy atom. The Balaban J connectivity index is 1.79. The van der Waals surface area contributed by atoms with Gasteiger partial charge >= 0.3 is 12.4 Å². The van der Waals surface area contributed by atoms with E-state index in [1.165, 1.54) is 53.5 Å². The van der Waals surface area contributed by atoms with E-state index in [1.54, 1.807) is 0 Å². The molecule has 0 aliphatic rings. The molecule has 11 heteroatoms. The van der Waals surface area contributed by atoms with Gasteiger partial charge in [-0.3, -0.25) is 0 Å². The van der Waals surface area contributed by atoms with Crippen LogP contribution in [0.15, 0.2) is 65.6 Å². The van der Waals surface area contributed by atoms with E-state index in [4.69, 9.17) is 11.6 Å². The Morgan fingerprint density at radius 1 is 0.839 bits per heavy atom. The number of alkyl halides is 6. The smallest absolute Gasteiger partial charge is 0.350 e. The number of halogens is 7. The quantitative estimate of drug-likeness (QED) is 0.315. The van der Waals surface area contributed by atoms with Gasteiger partial charge in [-0.05, 0) is 36.4 Å². The van der Waals surface area contributed by atoms with E-state index in [9.17, 15) is 26.3 Å². The van der Waals surface area contributed by atoms with Crippen LogP contribution < -0.4 is 0 Å². The van der Waals surface area contributed by atoms with Crippen molar-refractivity contribution in [3.05, 3.63) is 77.4 Å². The first-order valence-electron chi connectivity index (χ1n) is 8.59. The summed E-state index contributed by atoms with van der Waals surface area (Å²) < 4.78 is 84.7. The number of benzene rings is 2. The highest BCUT2D eigenvalue weighted by Crippen LogP contribution is 2.42. The summed E-state index contributed by atoms with van der Waals surface area (Å²) >= 11 is 5.83. The number of aromatic nitrogens is 3. The van der Waals surface area contributed by atoms with Crippen LogP contribution in [0.25, 0.3) is 28.2 Å². The molecule has 0 N–H and O–H groups in total. The third kappa shape index (κ3) is 4.15. The molecule has 0 aliphatic heterocycles. The highest BCUT2D eigenvalue weighted by atomic mass is 35.5. The van der Waals surface area contributed by atoms with Crippen LogP contribution in [0.2, 0.25) is 5.02 Å². The predicted octanol–water partition coefficient (Wildman–Crippen LogP) is 6.89. The van der Waals surface area contributed by atoms with Crippen molar-refractivity contribution in [1.29, 1.82) is 0 Å². The highest BCUT2D eigenvalue weighted by Gasteiger charge is 2.41. The van der Waals surface area contributed by atoms with Crippen molar-refractivity contribution in [1.82, 2.24) is 14.7 Å².